The van der Waals surface area contributed by atoms with Crippen molar-refractivity contribution in [3.8, 4) is 16.9 Å². The first-order chi connectivity index (χ1) is 28.6. The van der Waals surface area contributed by atoms with E-state index in [9.17, 15) is 19.5 Å². The lowest BCUT2D eigenvalue weighted by Crippen LogP contribution is -2.36. The van der Waals surface area contributed by atoms with E-state index in [1.807, 2.05) is 97.3 Å². The van der Waals surface area contributed by atoms with Crippen molar-refractivity contribution in [1.82, 2.24) is 29.0 Å². The quantitative estimate of drug-likeness (QED) is 0.0687. The van der Waals surface area contributed by atoms with Crippen molar-refractivity contribution < 1.29 is 33.7 Å². The molecule has 1 aliphatic heterocycles. The van der Waals surface area contributed by atoms with E-state index in [1.54, 1.807) is 4.90 Å². The molecule has 3 aromatic carbocycles. The number of fused-ring (bicyclic) bond motifs is 3. The van der Waals surface area contributed by atoms with Crippen LogP contribution in [0.1, 0.15) is 91.3 Å². The molecule has 13 nitrogen and oxygen atoms in total. The Kier molecular flexibility index (Phi) is 12.3. The molecule has 0 atom stereocenters. The Morgan fingerprint density at radius 2 is 1.72 bits per heavy atom. The summed E-state index contributed by atoms with van der Waals surface area (Å²) in [6, 6.07) is 17.5. The summed E-state index contributed by atoms with van der Waals surface area (Å²) >= 11 is 7.21. The van der Waals surface area contributed by atoms with Gasteiger partial charge in [0.2, 0.25) is 0 Å². The van der Waals surface area contributed by atoms with Crippen molar-refractivity contribution in [3.63, 3.8) is 0 Å². The van der Waals surface area contributed by atoms with Gasteiger partial charge in [0.25, 0.3) is 0 Å². The molecule has 1 amide bonds. The lowest BCUT2D eigenvalue weighted by atomic mass is 9.95. The van der Waals surface area contributed by atoms with Crippen molar-refractivity contribution in [2.24, 2.45) is 14.1 Å². The number of hydrogen-bond donors (Lipinski definition) is 1. The minimum Gasteiger partial charge on any atom is -0.507 e. The molecule has 4 heterocycles. The number of halogens is 1. The van der Waals surface area contributed by atoms with Crippen LogP contribution in [0.15, 0.2) is 54.6 Å². The van der Waals surface area contributed by atoms with E-state index in [4.69, 9.17) is 36.0 Å². The maximum atomic E-state index is 14.2. The van der Waals surface area contributed by atoms with Crippen molar-refractivity contribution >= 4 is 51.3 Å². The minimum absolute atomic E-state index is 0.1000. The van der Waals surface area contributed by atoms with Crippen LogP contribution in [0.25, 0.3) is 32.8 Å². The monoisotopic (exact) mass is 836 g/mol. The van der Waals surface area contributed by atoms with E-state index in [0.29, 0.717) is 54.3 Å². The van der Waals surface area contributed by atoms with Gasteiger partial charge in [0.1, 0.15) is 17.0 Å². The summed E-state index contributed by atoms with van der Waals surface area (Å²) in [7, 11) is 5.08. The summed E-state index contributed by atoms with van der Waals surface area (Å²) in [6.45, 7) is 8.06. The number of nitrogens with zero attached hydrogens (tertiary/aromatic N) is 6. The van der Waals surface area contributed by atoms with Gasteiger partial charge in [-0.2, -0.15) is 10.2 Å². The van der Waals surface area contributed by atoms with Gasteiger partial charge in [0.15, 0.2) is 0 Å². The molecule has 0 saturated carbocycles. The van der Waals surface area contributed by atoms with E-state index in [2.05, 4.69) is 6.07 Å². The maximum absolute atomic E-state index is 14.2. The highest BCUT2D eigenvalue weighted by Crippen LogP contribution is 2.43. The van der Waals surface area contributed by atoms with E-state index < -0.39 is 17.7 Å². The second kappa shape index (κ2) is 17.4. The van der Waals surface area contributed by atoms with Gasteiger partial charge in [-0.3, -0.25) is 19.1 Å². The number of rotatable bonds is 13. The lowest BCUT2D eigenvalue weighted by molar-refractivity contribution is -0.141. The summed E-state index contributed by atoms with van der Waals surface area (Å²) in [6.07, 6.45) is 4.48. The van der Waals surface area contributed by atoms with Gasteiger partial charge >= 0.3 is 18.0 Å². The van der Waals surface area contributed by atoms with Gasteiger partial charge in [-0.25, -0.2) is 9.59 Å². The zero-order valence-corrected chi connectivity index (χ0v) is 36.2. The van der Waals surface area contributed by atoms with Crippen molar-refractivity contribution in [2.75, 3.05) is 13.7 Å². The fraction of sp³-hybridized carbons (Fsp3) is 0.413. The van der Waals surface area contributed by atoms with Gasteiger partial charge in [-0.15, -0.1) is 0 Å². The molecular formula is C46H53ClN6O7. The third-order valence-corrected chi connectivity index (χ3v) is 11.3. The van der Waals surface area contributed by atoms with Crippen LogP contribution < -0.4 is 0 Å². The van der Waals surface area contributed by atoms with Crippen LogP contribution in [0.5, 0.6) is 5.75 Å². The fourth-order valence-electron chi connectivity index (χ4n) is 8.39. The Balaban J connectivity index is 1.26. The summed E-state index contributed by atoms with van der Waals surface area (Å²) in [5.41, 5.74) is 7.01. The highest BCUT2D eigenvalue weighted by Gasteiger charge is 2.32. The Bertz CT molecular complexity index is 2600. The summed E-state index contributed by atoms with van der Waals surface area (Å²) in [5.74, 6) is -0.597. The number of esters is 2. The number of aromatic hydroxyl groups is 1. The zero-order chi connectivity index (χ0) is 42.9. The molecule has 0 saturated heterocycles. The van der Waals surface area contributed by atoms with Crippen LogP contribution in [0.4, 0.5) is 4.79 Å². The number of carbonyl (C=O) groups excluding carboxylic acids is 3. The van der Waals surface area contributed by atoms with Crippen molar-refractivity contribution in [1.29, 1.82) is 0 Å². The molecule has 0 unspecified atom stereocenters. The van der Waals surface area contributed by atoms with Crippen LogP contribution >= 0.6 is 11.6 Å². The first-order valence-electron chi connectivity index (χ1n) is 20.4. The number of phenols is 1. The zero-order valence-electron chi connectivity index (χ0n) is 35.4. The Morgan fingerprint density at radius 1 is 0.933 bits per heavy atom. The Morgan fingerprint density at radius 3 is 2.47 bits per heavy atom. The molecule has 0 fully saturated rings. The minimum atomic E-state index is -0.764. The largest absolute Gasteiger partial charge is 0.507 e. The van der Waals surface area contributed by atoms with Crippen LogP contribution in [-0.2, 0) is 78.4 Å². The van der Waals surface area contributed by atoms with Gasteiger partial charge in [0, 0.05) is 60.9 Å². The number of amides is 1. The van der Waals surface area contributed by atoms with E-state index in [0.717, 1.165) is 74.6 Å². The van der Waals surface area contributed by atoms with Crippen molar-refractivity contribution in [3.05, 3.63) is 99.2 Å². The molecule has 316 valence electrons. The number of ether oxygens (including phenoxy) is 3. The second-order valence-corrected chi connectivity index (χ2v) is 16.9. The Labute approximate surface area is 354 Å². The van der Waals surface area contributed by atoms with E-state index >= 15 is 0 Å². The molecule has 14 heteroatoms. The number of benzene rings is 3. The third kappa shape index (κ3) is 8.86. The summed E-state index contributed by atoms with van der Waals surface area (Å²) < 4.78 is 22.2. The van der Waals surface area contributed by atoms with Crippen LogP contribution in [-0.4, -0.2) is 71.5 Å². The van der Waals surface area contributed by atoms with Gasteiger partial charge in [0.05, 0.1) is 48.7 Å². The van der Waals surface area contributed by atoms with Gasteiger partial charge < -0.3 is 23.9 Å². The Hall–Kier alpha value is -5.82. The predicted molar refractivity (Wildman–Crippen MR) is 230 cm³/mol. The molecule has 0 aliphatic carbocycles. The molecule has 0 bridgehead atoms. The van der Waals surface area contributed by atoms with Crippen molar-refractivity contribution in [2.45, 2.75) is 97.9 Å². The lowest BCUT2D eigenvalue weighted by Gasteiger charge is -2.27. The van der Waals surface area contributed by atoms with Gasteiger partial charge in [-0.1, -0.05) is 48.0 Å². The normalized spacial score (nSPS) is 12.8. The number of hydrogen-bond acceptors (Lipinski definition) is 9. The van der Waals surface area contributed by atoms with Gasteiger partial charge in [-0.05, 0) is 100 Å². The molecule has 0 spiro atoms. The number of aromatic nitrogens is 5. The molecule has 0 radical (unpaired) electrons. The standard InChI is InChI=1S/C46H53ClN6O7/c1-28(54)59-22-12-15-34-35-19-20-36(47)40(42(35)50(5)43(34)44(56)58-7)41-37(49-53-21-11-10-16-38(41)53)27-52(45(57)60-46(2,3)4)26-31-25-32(51(6)48-31)18-17-29-23-30-13-8-9-14-33(30)39(55)24-29/h8-9,13-14,19-20,23-25,55H,10-12,15-18,21-22,26-27H2,1-7H3. The van der Waals surface area contributed by atoms with E-state index in [1.165, 1.54) is 14.0 Å². The topological polar surface area (TPSA) is 143 Å². The third-order valence-electron chi connectivity index (χ3n) is 11.0. The molecule has 60 heavy (non-hydrogen) atoms. The van der Waals surface area contributed by atoms with Crippen LogP contribution in [0.3, 0.4) is 0 Å². The first kappa shape index (κ1) is 42.3. The molecule has 1 N–H and O–H groups in total. The second-order valence-electron chi connectivity index (χ2n) is 16.5. The number of carbonyl (C=O) groups is 3. The SMILES string of the molecule is COC(=O)c1c(CCCOC(C)=O)c2ccc(Cl)c(-c3c(CN(Cc4cc(CCc5cc(O)c6ccccc6c5)n(C)n4)C(=O)OC(C)(C)C)nn4c3CCCC4)c2n1C. The smallest absolute Gasteiger partial charge is 0.410 e. The highest BCUT2D eigenvalue weighted by atomic mass is 35.5. The highest BCUT2D eigenvalue weighted by molar-refractivity contribution is 6.35. The number of methoxy groups -OCH3 is 1. The van der Waals surface area contributed by atoms with Crippen LogP contribution in [0.2, 0.25) is 5.02 Å². The fourth-order valence-corrected chi connectivity index (χ4v) is 8.64. The summed E-state index contributed by atoms with van der Waals surface area (Å²) in [4.78, 5) is 40.7. The average molecular weight is 837 g/mol. The maximum Gasteiger partial charge on any atom is 0.410 e. The molecule has 6 aromatic rings. The molecular weight excluding hydrogens is 784 g/mol. The molecule has 1 aliphatic rings. The number of aryl methyl sites for hydroxylation is 6. The first-order valence-corrected chi connectivity index (χ1v) is 20.8. The molecule has 3 aromatic heterocycles. The van der Waals surface area contributed by atoms with Crippen LogP contribution in [0, 0.1) is 0 Å². The van der Waals surface area contributed by atoms with E-state index in [-0.39, 0.29) is 31.4 Å². The summed E-state index contributed by atoms with van der Waals surface area (Å²) in [5, 5.41) is 23.8. The molecule has 7 rings (SSSR count). The average Bonchev–Trinajstić information content (AvgIpc) is 3.83. The predicted octanol–water partition coefficient (Wildman–Crippen LogP) is 8.63. The number of phenolic OH excluding ortho intramolecular Hbond substituents is 1.